The van der Waals surface area contributed by atoms with Crippen molar-refractivity contribution in [3.63, 3.8) is 0 Å². The molecule has 1 atom stereocenters. The van der Waals surface area contributed by atoms with Gasteiger partial charge >= 0.3 is 0 Å². The first kappa shape index (κ1) is 13.8. The van der Waals surface area contributed by atoms with Gasteiger partial charge in [-0.2, -0.15) is 5.10 Å². The van der Waals surface area contributed by atoms with Gasteiger partial charge in [-0.15, -0.1) is 10.2 Å². The third kappa shape index (κ3) is 2.68. The zero-order chi connectivity index (χ0) is 15.0. The highest BCUT2D eigenvalue weighted by molar-refractivity contribution is 5.93. The molecule has 0 fully saturated rings. The molecule has 1 aliphatic heterocycles. The molecule has 7 nitrogen and oxygen atoms in total. The van der Waals surface area contributed by atoms with E-state index in [0.717, 1.165) is 30.0 Å². The Labute approximate surface area is 123 Å². The highest BCUT2D eigenvalue weighted by Crippen LogP contribution is 2.24. The van der Waals surface area contributed by atoms with E-state index in [1.54, 1.807) is 11.0 Å². The summed E-state index contributed by atoms with van der Waals surface area (Å²) in [6, 6.07) is 0. The highest BCUT2D eigenvalue weighted by Gasteiger charge is 2.26. The van der Waals surface area contributed by atoms with Gasteiger partial charge in [0.05, 0.1) is 17.3 Å². The second kappa shape index (κ2) is 5.31. The van der Waals surface area contributed by atoms with E-state index in [9.17, 15) is 4.79 Å². The number of nitrogens with zero attached hydrogens (tertiary/aromatic N) is 5. The molecule has 3 heterocycles. The van der Waals surface area contributed by atoms with Crippen molar-refractivity contribution in [2.24, 2.45) is 13.0 Å². The number of anilines is 1. The molecule has 0 radical (unpaired) electrons. The Morgan fingerprint density at radius 1 is 1.48 bits per heavy atom. The minimum atomic E-state index is -0.0475. The molecule has 1 unspecified atom stereocenters. The molecule has 1 amide bonds. The van der Waals surface area contributed by atoms with Crippen LogP contribution in [0.15, 0.2) is 12.5 Å². The average molecular weight is 288 g/mol. The molecule has 1 N–H and O–H groups in total. The van der Waals surface area contributed by atoms with E-state index in [4.69, 9.17) is 0 Å². The average Bonchev–Trinajstić information content (AvgIpc) is 3.04. The summed E-state index contributed by atoms with van der Waals surface area (Å²) in [5, 5.41) is 15.4. The number of hydrogen-bond donors (Lipinski definition) is 1. The predicted octanol–water partition coefficient (Wildman–Crippen LogP) is 1.34. The van der Waals surface area contributed by atoms with Crippen molar-refractivity contribution < 1.29 is 4.79 Å². The van der Waals surface area contributed by atoms with Gasteiger partial charge in [0.25, 0.3) is 0 Å². The number of rotatable bonds is 3. The Morgan fingerprint density at radius 2 is 2.29 bits per heavy atom. The Balaban J connectivity index is 1.73. The SMILES string of the molecule is CC(C)c1nn(C)cc1NC(=O)C1CCc2nncn2C1. The summed E-state index contributed by atoms with van der Waals surface area (Å²) in [4.78, 5) is 12.5. The smallest absolute Gasteiger partial charge is 0.229 e. The van der Waals surface area contributed by atoms with Crippen molar-refractivity contribution in [3.05, 3.63) is 24.0 Å². The second-order valence-electron chi connectivity index (χ2n) is 5.88. The number of carbonyl (C=O) groups is 1. The highest BCUT2D eigenvalue weighted by atomic mass is 16.1. The van der Waals surface area contributed by atoms with Crippen molar-refractivity contribution in [1.29, 1.82) is 0 Å². The van der Waals surface area contributed by atoms with Crippen LogP contribution in [-0.2, 0) is 24.8 Å². The Kier molecular flexibility index (Phi) is 3.48. The molecule has 1 aliphatic rings. The van der Waals surface area contributed by atoms with Crippen molar-refractivity contribution in [1.82, 2.24) is 24.5 Å². The van der Waals surface area contributed by atoms with Crippen molar-refractivity contribution in [2.75, 3.05) is 5.32 Å². The number of amides is 1. The van der Waals surface area contributed by atoms with Crippen LogP contribution in [0.2, 0.25) is 0 Å². The normalized spacial score (nSPS) is 17.8. The maximum absolute atomic E-state index is 12.5. The van der Waals surface area contributed by atoms with Crippen LogP contribution in [0.25, 0.3) is 0 Å². The van der Waals surface area contributed by atoms with Crippen LogP contribution in [0.5, 0.6) is 0 Å². The lowest BCUT2D eigenvalue weighted by Gasteiger charge is -2.22. The molecule has 7 heteroatoms. The number of carbonyl (C=O) groups excluding carboxylic acids is 1. The maximum atomic E-state index is 12.5. The molecule has 0 bridgehead atoms. The molecule has 0 aliphatic carbocycles. The van der Waals surface area contributed by atoms with Gasteiger partial charge in [0.2, 0.25) is 5.91 Å². The standard InChI is InChI=1S/C14H20N6O/c1-9(2)13-11(7-19(3)18-13)16-14(21)10-4-5-12-17-15-8-20(12)6-10/h7-10H,4-6H2,1-3H3,(H,16,21). The van der Waals surface area contributed by atoms with E-state index in [0.29, 0.717) is 6.54 Å². The summed E-state index contributed by atoms with van der Waals surface area (Å²) in [7, 11) is 1.87. The second-order valence-corrected chi connectivity index (χ2v) is 5.88. The van der Waals surface area contributed by atoms with Crippen LogP contribution in [-0.4, -0.2) is 30.5 Å². The first-order valence-electron chi connectivity index (χ1n) is 7.25. The van der Waals surface area contributed by atoms with E-state index in [1.807, 2.05) is 17.8 Å². The molecule has 0 spiro atoms. The molecular formula is C14H20N6O. The number of hydrogen-bond acceptors (Lipinski definition) is 4. The van der Waals surface area contributed by atoms with E-state index in [1.165, 1.54) is 0 Å². The van der Waals surface area contributed by atoms with Gasteiger partial charge < -0.3 is 9.88 Å². The largest absolute Gasteiger partial charge is 0.323 e. The Bertz CT molecular complexity index is 656. The van der Waals surface area contributed by atoms with E-state index >= 15 is 0 Å². The maximum Gasteiger partial charge on any atom is 0.229 e. The lowest BCUT2D eigenvalue weighted by Crippen LogP contribution is -2.31. The summed E-state index contributed by atoms with van der Waals surface area (Å²) in [5.74, 6) is 1.23. The first-order chi connectivity index (χ1) is 10.0. The predicted molar refractivity (Wildman–Crippen MR) is 77.8 cm³/mol. The van der Waals surface area contributed by atoms with Crippen LogP contribution in [0.4, 0.5) is 5.69 Å². The lowest BCUT2D eigenvalue weighted by molar-refractivity contribution is -0.120. The van der Waals surface area contributed by atoms with Crippen LogP contribution in [0.3, 0.4) is 0 Å². The summed E-state index contributed by atoms with van der Waals surface area (Å²) in [6.07, 6.45) is 5.16. The summed E-state index contributed by atoms with van der Waals surface area (Å²) in [5.41, 5.74) is 1.73. The third-order valence-electron chi connectivity index (χ3n) is 3.86. The summed E-state index contributed by atoms with van der Waals surface area (Å²) >= 11 is 0. The molecule has 0 aromatic carbocycles. The summed E-state index contributed by atoms with van der Waals surface area (Å²) in [6.45, 7) is 4.79. The fraction of sp³-hybridized carbons (Fsp3) is 0.571. The third-order valence-corrected chi connectivity index (χ3v) is 3.86. The van der Waals surface area contributed by atoms with Gasteiger partial charge in [-0.3, -0.25) is 9.48 Å². The monoisotopic (exact) mass is 288 g/mol. The fourth-order valence-corrected chi connectivity index (χ4v) is 2.73. The van der Waals surface area contributed by atoms with Crippen LogP contribution >= 0.6 is 0 Å². The molecule has 21 heavy (non-hydrogen) atoms. The van der Waals surface area contributed by atoms with Crippen LogP contribution in [0, 0.1) is 5.92 Å². The molecular weight excluding hydrogens is 268 g/mol. The van der Waals surface area contributed by atoms with Gasteiger partial charge in [-0.25, -0.2) is 0 Å². The van der Waals surface area contributed by atoms with Crippen molar-refractivity contribution in [3.8, 4) is 0 Å². The van der Waals surface area contributed by atoms with Gasteiger partial charge in [0.15, 0.2) is 0 Å². The molecule has 112 valence electrons. The zero-order valence-corrected chi connectivity index (χ0v) is 12.6. The molecule has 0 saturated heterocycles. The van der Waals surface area contributed by atoms with Gasteiger partial charge in [-0.1, -0.05) is 13.8 Å². The van der Waals surface area contributed by atoms with E-state index < -0.39 is 0 Å². The van der Waals surface area contributed by atoms with Crippen molar-refractivity contribution >= 4 is 11.6 Å². The van der Waals surface area contributed by atoms with Gasteiger partial charge in [0, 0.05) is 26.2 Å². The fourth-order valence-electron chi connectivity index (χ4n) is 2.73. The molecule has 2 aromatic heterocycles. The topological polar surface area (TPSA) is 77.6 Å². The minimum absolute atomic E-state index is 0.0456. The Hall–Kier alpha value is -2.18. The molecule has 0 saturated carbocycles. The minimum Gasteiger partial charge on any atom is -0.323 e. The number of nitrogens with one attached hydrogen (secondary N) is 1. The van der Waals surface area contributed by atoms with Crippen LogP contribution in [0.1, 0.15) is 37.7 Å². The Morgan fingerprint density at radius 3 is 3.05 bits per heavy atom. The number of aryl methyl sites for hydroxylation is 2. The van der Waals surface area contributed by atoms with E-state index in [-0.39, 0.29) is 17.7 Å². The van der Waals surface area contributed by atoms with Gasteiger partial charge in [-0.05, 0) is 12.3 Å². The number of fused-ring (bicyclic) bond motifs is 1. The zero-order valence-electron chi connectivity index (χ0n) is 12.6. The quantitative estimate of drug-likeness (QED) is 0.924. The van der Waals surface area contributed by atoms with Crippen molar-refractivity contribution in [2.45, 2.75) is 39.2 Å². The van der Waals surface area contributed by atoms with Gasteiger partial charge in [0.1, 0.15) is 12.2 Å². The molecule has 3 rings (SSSR count). The van der Waals surface area contributed by atoms with Crippen LogP contribution < -0.4 is 5.32 Å². The number of aromatic nitrogens is 5. The molecule has 2 aromatic rings. The first-order valence-corrected chi connectivity index (χ1v) is 7.25. The lowest BCUT2D eigenvalue weighted by atomic mass is 9.98. The summed E-state index contributed by atoms with van der Waals surface area (Å²) < 4.78 is 3.70. The van der Waals surface area contributed by atoms with E-state index in [2.05, 4.69) is 34.5 Å².